The van der Waals surface area contributed by atoms with Crippen molar-refractivity contribution in [2.24, 2.45) is 0 Å². The average molecular weight is 497 g/mol. The highest BCUT2D eigenvalue weighted by molar-refractivity contribution is 7.17. The first-order valence-corrected chi connectivity index (χ1v) is 11.4. The van der Waals surface area contributed by atoms with Gasteiger partial charge in [-0.15, -0.1) is 0 Å². The molecule has 0 bridgehead atoms. The molecule has 4 rings (SSSR count). The molecule has 8 nitrogen and oxygen atoms in total. The number of thiazole rings is 1. The zero-order valence-corrected chi connectivity index (χ0v) is 19.9. The Labute approximate surface area is 204 Å². The highest BCUT2D eigenvalue weighted by Gasteiger charge is 2.48. The van der Waals surface area contributed by atoms with Crippen LogP contribution in [0, 0.1) is 12.7 Å². The van der Waals surface area contributed by atoms with Gasteiger partial charge in [-0.3, -0.25) is 14.5 Å². The van der Waals surface area contributed by atoms with Gasteiger partial charge in [-0.25, -0.2) is 14.2 Å². The summed E-state index contributed by atoms with van der Waals surface area (Å²) in [6.07, 6.45) is 0. The van der Waals surface area contributed by atoms with Gasteiger partial charge in [0.2, 0.25) is 0 Å². The van der Waals surface area contributed by atoms with Crippen LogP contribution < -0.4 is 9.64 Å². The summed E-state index contributed by atoms with van der Waals surface area (Å²) in [4.78, 5) is 44.3. The van der Waals surface area contributed by atoms with Crippen molar-refractivity contribution in [1.29, 1.82) is 0 Å². The lowest BCUT2D eigenvalue weighted by Crippen LogP contribution is -2.29. The summed E-state index contributed by atoms with van der Waals surface area (Å²) in [6.45, 7) is 3.81. The van der Waals surface area contributed by atoms with Crippen LogP contribution in [-0.2, 0) is 14.3 Å². The van der Waals surface area contributed by atoms with Gasteiger partial charge < -0.3 is 14.6 Å². The Morgan fingerprint density at radius 1 is 1.20 bits per heavy atom. The fourth-order valence-corrected chi connectivity index (χ4v) is 4.83. The topological polar surface area (TPSA) is 106 Å². The van der Waals surface area contributed by atoms with Crippen molar-refractivity contribution >= 4 is 39.9 Å². The summed E-state index contributed by atoms with van der Waals surface area (Å²) in [5.41, 5.74) is 0.786. The number of amides is 1. The predicted molar refractivity (Wildman–Crippen MR) is 127 cm³/mol. The number of carbonyl (C=O) groups excluding carboxylic acids is 3. The molecule has 10 heteroatoms. The van der Waals surface area contributed by atoms with Gasteiger partial charge in [-0.2, -0.15) is 0 Å². The number of hydrogen-bond acceptors (Lipinski definition) is 8. The second-order valence-corrected chi connectivity index (χ2v) is 8.56. The molecule has 2 heterocycles. The summed E-state index contributed by atoms with van der Waals surface area (Å²) >= 11 is 0.902. The van der Waals surface area contributed by atoms with Crippen molar-refractivity contribution in [3.8, 4) is 5.75 Å². The number of methoxy groups -OCH3 is 1. The molecule has 0 saturated carbocycles. The summed E-state index contributed by atoms with van der Waals surface area (Å²) in [5, 5.41) is 11.2. The Morgan fingerprint density at radius 2 is 1.91 bits per heavy atom. The first kappa shape index (κ1) is 24.1. The molecule has 2 aromatic carbocycles. The van der Waals surface area contributed by atoms with E-state index in [1.54, 1.807) is 31.2 Å². The third-order valence-corrected chi connectivity index (χ3v) is 6.55. The number of nitrogens with zero attached hydrogens (tertiary/aromatic N) is 2. The molecule has 1 amide bonds. The summed E-state index contributed by atoms with van der Waals surface area (Å²) < 4.78 is 23.8. The molecule has 1 atom stereocenters. The fraction of sp³-hybridized carbons (Fsp3) is 0.200. The lowest BCUT2D eigenvalue weighted by Gasteiger charge is -2.23. The van der Waals surface area contributed by atoms with Crippen molar-refractivity contribution in [2.75, 3.05) is 18.6 Å². The van der Waals surface area contributed by atoms with E-state index in [0.717, 1.165) is 28.4 Å². The van der Waals surface area contributed by atoms with Gasteiger partial charge in [-0.05, 0) is 55.8 Å². The number of benzene rings is 2. The Balaban J connectivity index is 1.94. The van der Waals surface area contributed by atoms with Crippen LogP contribution in [0.5, 0.6) is 5.75 Å². The molecule has 1 saturated heterocycles. The highest BCUT2D eigenvalue weighted by Crippen LogP contribution is 2.44. The molecule has 1 aliphatic heterocycles. The minimum absolute atomic E-state index is 0.0926. The molecule has 1 N–H and O–H groups in total. The van der Waals surface area contributed by atoms with Crippen molar-refractivity contribution in [1.82, 2.24) is 4.98 Å². The first-order chi connectivity index (χ1) is 16.8. The van der Waals surface area contributed by atoms with Crippen LogP contribution in [0.4, 0.5) is 9.52 Å². The fourth-order valence-electron chi connectivity index (χ4n) is 3.82. The van der Waals surface area contributed by atoms with Gasteiger partial charge in [0.15, 0.2) is 5.13 Å². The van der Waals surface area contributed by atoms with Crippen LogP contribution in [0.1, 0.15) is 39.5 Å². The zero-order chi connectivity index (χ0) is 25.3. The molecule has 1 fully saturated rings. The van der Waals surface area contributed by atoms with E-state index < -0.39 is 35.3 Å². The van der Waals surface area contributed by atoms with Gasteiger partial charge in [0.25, 0.3) is 5.78 Å². The maximum Gasteiger partial charge on any atom is 0.350 e. The number of Topliss-reactive ketones (excluding diaryl/α,β-unsaturated/α-hetero) is 1. The number of ketones is 1. The van der Waals surface area contributed by atoms with Gasteiger partial charge in [0, 0.05) is 5.56 Å². The minimum Gasteiger partial charge on any atom is -0.507 e. The number of carbonyl (C=O) groups is 3. The average Bonchev–Trinajstić information content (AvgIpc) is 3.36. The minimum atomic E-state index is -1.07. The second kappa shape index (κ2) is 9.67. The largest absolute Gasteiger partial charge is 0.507 e. The van der Waals surface area contributed by atoms with E-state index in [2.05, 4.69) is 4.98 Å². The maximum absolute atomic E-state index is 13.5. The molecule has 0 aliphatic carbocycles. The van der Waals surface area contributed by atoms with Crippen molar-refractivity contribution in [3.05, 3.63) is 81.6 Å². The van der Waals surface area contributed by atoms with E-state index in [4.69, 9.17) is 9.47 Å². The second-order valence-electron chi connectivity index (χ2n) is 7.58. The lowest BCUT2D eigenvalue weighted by atomic mass is 9.95. The molecule has 1 aromatic heterocycles. The number of halogens is 1. The van der Waals surface area contributed by atoms with E-state index in [-0.39, 0.29) is 21.1 Å². The molecule has 180 valence electrons. The number of rotatable bonds is 6. The number of hydrogen-bond donors (Lipinski definition) is 1. The van der Waals surface area contributed by atoms with Gasteiger partial charge in [-0.1, -0.05) is 23.5 Å². The summed E-state index contributed by atoms with van der Waals surface area (Å²) in [5.74, 6) is -2.96. The van der Waals surface area contributed by atoms with Gasteiger partial charge in [0.1, 0.15) is 22.2 Å². The van der Waals surface area contributed by atoms with E-state index in [0.29, 0.717) is 23.6 Å². The first-order valence-electron chi connectivity index (χ1n) is 10.6. The molecule has 0 radical (unpaired) electrons. The molecule has 0 spiro atoms. The third-order valence-electron chi connectivity index (χ3n) is 5.41. The quantitative estimate of drug-likeness (QED) is 0.233. The zero-order valence-electron chi connectivity index (χ0n) is 19.1. The predicted octanol–water partition coefficient (Wildman–Crippen LogP) is 4.40. The van der Waals surface area contributed by atoms with E-state index in [1.807, 2.05) is 6.92 Å². The monoisotopic (exact) mass is 496 g/mol. The van der Waals surface area contributed by atoms with Crippen LogP contribution in [0.3, 0.4) is 0 Å². The van der Waals surface area contributed by atoms with Crippen molar-refractivity contribution < 1.29 is 33.4 Å². The Kier molecular flexibility index (Phi) is 6.65. The normalized spacial score (nSPS) is 17.0. The number of aliphatic hydroxyl groups excluding tert-OH is 1. The van der Waals surface area contributed by atoms with E-state index >= 15 is 0 Å². The van der Waals surface area contributed by atoms with Crippen LogP contribution in [0.2, 0.25) is 0 Å². The smallest absolute Gasteiger partial charge is 0.350 e. The van der Waals surface area contributed by atoms with Crippen molar-refractivity contribution in [2.45, 2.75) is 19.9 Å². The van der Waals surface area contributed by atoms with E-state index in [1.165, 1.54) is 19.2 Å². The number of ether oxygens (including phenoxy) is 2. The SMILES string of the molecule is CCOc1cccc(C2/C(=C(\O)c3ccc(F)cc3)C(=O)C(=O)N2c2nc(C)c(C(=O)OC)s2)c1. The highest BCUT2D eigenvalue weighted by atomic mass is 32.1. The lowest BCUT2D eigenvalue weighted by molar-refractivity contribution is -0.132. The molecular weight excluding hydrogens is 475 g/mol. The van der Waals surface area contributed by atoms with Gasteiger partial charge in [0.05, 0.1) is 31.0 Å². The summed E-state index contributed by atoms with van der Waals surface area (Å²) in [6, 6.07) is 10.6. The third kappa shape index (κ3) is 4.40. The maximum atomic E-state index is 13.5. The Bertz CT molecular complexity index is 1350. The van der Waals surface area contributed by atoms with Crippen LogP contribution in [-0.4, -0.2) is 41.5 Å². The summed E-state index contributed by atoms with van der Waals surface area (Å²) in [7, 11) is 1.23. The number of aliphatic hydroxyl groups is 1. The Hall–Kier alpha value is -4.05. The molecule has 1 aliphatic rings. The number of anilines is 1. The number of esters is 1. The van der Waals surface area contributed by atoms with Crippen LogP contribution in [0.15, 0.2) is 54.1 Å². The standard InChI is InChI=1S/C25H21FN2O6S/c1-4-34-17-7-5-6-15(12-17)19-18(20(29)14-8-10-16(26)11-9-14)21(30)23(31)28(19)25-27-13(2)22(35-25)24(32)33-3/h5-12,19,29H,4H2,1-3H3/b20-18+. The number of aryl methyl sites for hydroxylation is 1. The molecule has 3 aromatic rings. The Morgan fingerprint density at radius 3 is 2.57 bits per heavy atom. The van der Waals surface area contributed by atoms with Crippen molar-refractivity contribution in [3.63, 3.8) is 0 Å². The molecule has 1 unspecified atom stereocenters. The molecule has 35 heavy (non-hydrogen) atoms. The number of aromatic nitrogens is 1. The molecular formula is C25H21FN2O6S. The van der Waals surface area contributed by atoms with E-state index in [9.17, 15) is 23.9 Å². The van der Waals surface area contributed by atoms with Crippen LogP contribution >= 0.6 is 11.3 Å². The van der Waals surface area contributed by atoms with Gasteiger partial charge >= 0.3 is 11.9 Å². The van der Waals surface area contributed by atoms with Crippen LogP contribution in [0.25, 0.3) is 5.76 Å².